The van der Waals surface area contributed by atoms with Crippen LogP contribution in [-0.2, 0) is 20.7 Å². The Morgan fingerprint density at radius 3 is 2.33 bits per heavy atom. The summed E-state index contributed by atoms with van der Waals surface area (Å²) in [4.78, 5) is 11.8. The second-order valence-corrected chi connectivity index (χ2v) is 5.34. The molecule has 98 valence electrons. The largest absolute Gasteiger partial charge is 0.468 e. The summed E-state index contributed by atoms with van der Waals surface area (Å²) in [6.07, 6.45) is 0.693. The predicted molar refractivity (Wildman–Crippen MR) is 69.5 cm³/mol. The molecule has 1 heterocycles. The van der Waals surface area contributed by atoms with Crippen molar-refractivity contribution in [2.75, 3.05) is 20.3 Å². The van der Waals surface area contributed by atoms with E-state index in [9.17, 15) is 4.79 Å². The Morgan fingerprint density at radius 2 is 1.94 bits per heavy atom. The van der Waals surface area contributed by atoms with Gasteiger partial charge in [-0.25, -0.2) is 0 Å². The van der Waals surface area contributed by atoms with Gasteiger partial charge in [0.15, 0.2) is 0 Å². The third-order valence-corrected chi connectivity index (χ3v) is 3.56. The Bertz CT molecular complexity index is 416. The molecule has 0 atom stereocenters. The first kappa shape index (κ1) is 13.1. The van der Waals surface area contributed by atoms with Crippen molar-refractivity contribution in [2.24, 2.45) is 5.41 Å². The second kappa shape index (κ2) is 5.11. The summed E-state index contributed by atoms with van der Waals surface area (Å²) in [6.45, 7) is 5.27. The van der Waals surface area contributed by atoms with Crippen LogP contribution < -0.4 is 0 Å². The molecule has 0 amide bonds. The van der Waals surface area contributed by atoms with E-state index in [1.807, 2.05) is 0 Å². The third kappa shape index (κ3) is 2.41. The van der Waals surface area contributed by atoms with Crippen LogP contribution in [0.2, 0.25) is 0 Å². The second-order valence-electron chi connectivity index (χ2n) is 5.34. The van der Waals surface area contributed by atoms with Crippen molar-refractivity contribution in [3.63, 3.8) is 0 Å². The molecule has 1 aromatic rings. The number of rotatable bonds is 4. The smallest absolute Gasteiger partial charge is 0.316 e. The van der Waals surface area contributed by atoms with Crippen molar-refractivity contribution in [1.29, 1.82) is 0 Å². The third-order valence-electron chi connectivity index (χ3n) is 3.56. The molecular weight excluding hydrogens is 228 g/mol. The molecule has 2 rings (SSSR count). The van der Waals surface area contributed by atoms with Gasteiger partial charge in [0, 0.05) is 0 Å². The molecule has 0 aromatic heterocycles. The molecule has 0 aliphatic carbocycles. The summed E-state index contributed by atoms with van der Waals surface area (Å²) >= 11 is 0. The maximum atomic E-state index is 11.8. The predicted octanol–water partition coefficient (Wildman–Crippen LogP) is 2.54. The molecule has 0 bridgehead atoms. The van der Waals surface area contributed by atoms with E-state index in [1.54, 1.807) is 0 Å². The lowest BCUT2D eigenvalue weighted by Gasteiger charge is -2.38. The van der Waals surface area contributed by atoms with Crippen LogP contribution in [0, 0.1) is 5.41 Å². The molecule has 0 saturated carbocycles. The number of methoxy groups -OCH3 is 1. The Labute approximate surface area is 108 Å². The van der Waals surface area contributed by atoms with Crippen molar-refractivity contribution in [3.8, 4) is 0 Å². The number of ether oxygens (including phenoxy) is 2. The van der Waals surface area contributed by atoms with Gasteiger partial charge in [-0.05, 0) is 23.5 Å². The van der Waals surface area contributed by atoms with Gasteiger partial charge in [-0.1, -0.05) is 38.1 Å². The molecule has 1 saturated heterocycles. The Morgan fingerprint density at radius 1 is 1.33 bits per heavy atom. The number of carbonyl (C=O) groups excluding carboxylic acids is 1. The van der Waals surface area contributed by atoms with Crippen molar-refractivity contribution in [3.05, 3.63) is 35.4 Å². The Hall–Kier alpha value is -1.35. The standard InChI is InChI=1S/C15H20O3/c1-11(2)13-6-4-12(5-7-13)8-15(9-18-10-15)14(16)17-3/h4-7,11H,8-10H2,1-3H3. The van der Waals surface area contributed by atoms with Crippen molar-refractivity contribution in [1.82, 2.24) is 0 Å². The molecule has 3 nitrogen and oxygen atoms in total. The molecule has 0 unspecified atom stereocenters. The highest BCUT2D eigenvalue weighted by Crippen LogP contribution is 2.33. The fraction of sp³-hybridized carbons (Fsp3) is 0.533. The number of hydrogen-bond donors (Lipinski definition) is 0. The van der Waals surface area contributed by atoms with Crippen LogP contribution in [0.3, 0.4) is 0 Å². The average Bonchev–Trinajstić information content (AvgIpc) is 2.33. The van der Waals surface area contributed by atoms with E-state index in [2.05, 4.69) is 38.1 Å². The lowest BCUT2D eigenvalue weighted by atomic mass is 9.79. The molecule has 3 heteroatoms. The van der Waals surface area contributed by atoms with Crippen LogP contribution in [0.5, 0.6) is 0 Å². The Kier molecular flexibility index (Phi) is 3.71. The number of carbonyl (C=O) groups is 1. The van der Waals surface area contributed by atoms with Crippen LogP contribution in [0.15, 0.2) is 24.3 Å². The fourth-order valence-corrected chi connectivity index (χ4v) is 2.27. The average molecular weight is 248 g/mol. The molecule has 1 fully saturated rings. The van der Waals surface area contributed by atoms with Crippen molar-refractivity contribution < 1.29 is 14.3 Å². The SMILES string of the molecule is COC(=O)C1(Cc2ccc(C(C)C)cc2)COC1. The molecule has 0 radical (unpaired) electrons. The van der Waals surface area contributed by atoms with Gasteiger partial charge in [0.25, 0.3) is 0 Å². The highest BCUT2D eigenvalue weighted by molar-refractivity contribution is 5.78. The molecule has 0 N–H and O–H groups in total. The van der Waals surface area contributed by atoms with Gasteiger partial charge in [-0.2, -0.15) is 0 Å². The quantitative estimate of drug-likeness (QED) is 0.768. The zero-order valence-electron chi connectivity index (χ0n) is 11.2. The van der Waals surface area contributed by atoms with Gasteiger partial charge in [-0.15, -0.1) is 0 Å². The summed E-state index contributed by atoms with van der Waals surface area (Å²) < 4.78 is 10.1. The van der Waals surface area contributed by atoms with E-state index in [0.717, 1.165) is 5.56 Å². The normalized spacial score (nSPS) is 17.3. The first-order valence-electron chi connectivity index (χ1n) is 6.32. The summed E-state index contributed by atoms with van der Waals surface area (Å²) in [5.74, 6) is 0.363. The van der Waals surface area contributed by atoms with E-state index < -0.39 is 5.41 Å². The molecular formula is C15H20O3. The lowest BCUT2D eigenvalue weighted by molar-refractivity contribution is -0.182. The maximum absolute atomic E-state index is 11.8. The van der Waals surface area contributed by atoms with E-state index in [4.69, 9.17) is 9.47 Å². The summed E-state index contributed by atoms with van der Waals surface area (Å²) in [6, 6.07) is 8.45. The number of hydrogen-bond acceptors (Lipinski definition) is 3. The number of esters is 1. The molecule has 1 aliphatic rings. The van der Waals surface area contributed by atoms with Gasteiger partial charge in [0.2, 0.25) is 0 Å². The van der Waals surface area contributed by atoms with E-state index in [-0.39, 0.29) is 5.97 Å². The molecule has 1 aliphatic heterocycles. The van der Waals surface area contributed by atoms with Gasteiger partial charge in [0.05, 0.1) is 20.3 Å². The van der Waals surface area contributed by atoms with Crippen LogP contribution in [-0.4, -0.2) is 26.3 Å². The molecule has 0 spiro atoms. The highest BCUT2D eigenvalue weighted by Gasteiger charge is 2.47. The first-order chi connectivity index (χ1) is 8.57. The van der Waals surface area contributed by atoms with Crippen molar-refractivity contribution >= 4 is 5.97 Å². The molecule has 18 heavy (non-hydrogen) atoms. The Balaban J connectivity index is 2.10. The topological polar surface area (TPSA) is 35.5 Å². The van der Waals surface area contributed by atoms with Crippen LogP contribution in [0.4, 0.5) is 0 Å². The van der Waals surface area contributed by atoms with Gasteiger partial charge >= 0.3 is 5.97 Å². The lowest BCUT2D eigenvalue weighted by Crippen LogP contribution is -2.51. The first-order valence-corrected chi connectivity index (χ1v) is 6.32. The van der Waals surface area contributed by atoms with Gasteiger partial charge < -0.3 is 9.47 Å². The minimum atomic E-state index is -0.464. The maximum Gasteiger partial charge on any atom is 0.316 e. The zero-order valence-corrected chi connectivity index (χ0v) is 11.2. The monoisotopic (exact) mass is 248 g/mol. The van der Waals surface area contributed by atoms with E-state index in [0.29, 0.717) is 25.6 Å². The highest BCUT2D eigenvalue weighted by atomic mass is 16.5. The summed E-state index contributed by atoms with van der Waals surface area (Å²) in [7, 11) is 1.43. The van der Waals surface area contributed by atoms with Gasteiger partial charge in [-0.3, -0.25) is 4.79 Å². The van der Waals surface area contributed by atoms with Crippen LogP contribution in [0.1, 0.15) is 30.9 Å². The molecule has 1 aromatic carbocycles. The van der Waals surface area contributed by atoms with Crippen LogP contribution >= 0.6 is 0 Å². The van der Waals surface area contributed by atoms with E-state index in [1.165, 1.54) is 12.7 Å². The zero-order chi connectivity index (χ0) is 13.2. The van der Waals surface area contributed by atoms with E-state index >= 15 is 0 Å². The minimum Gasteiger partial charge on any atom is -0.468 e. The van der Waals surface area contributed by atoms with Crippen molar-refractivity contribution in [2.45, 2.75) is 26.2 Å². The van der Waals surface area contributed by atoms with Gasteiger partial charge in [0.1, 0.15) is 5.41 Å². The summed E-state index contributed by atoms with van der Waals surface area (Å²) in [5.41, 5.74) is 2.01. The minimum absolute atomic E-state index is 0.165. The summed E-state index contributed by atoms with van der Waals surface area (Å²) in [5, 5.41) is 0. The van der Waals surface area contributed by atoms with Crippen LogP contribution in [0.25, 0.3) is 0 Å². The number of benzene rings is 1. The fourth-order valence-electron chi connectivity index (χ4n) is 2.27.